The first kappa shape index (κ1) is 38.3. The Morgan fingerprint density at radius 2 is 1.67 bits per heavy atom. The van der Waals surface area contributed by atoms with Crippen molar-refractivity contribution in [1.29, 1.82) is 0 Å². The largest absolute Gasteiger partial charge is 0.483 e. The topological polar surface area (TPSA) is 177 Å². The van der Waals surface area contributed by atoms with E-state index in [0.29, 0.717) is 30.3 Å². The van der Waals surface area contributed by atoms with Crippen LogP contribution in [0.5, 0.6) is 5.75 Å². The van der Waals surface area contributed by atoms with Gasteiger partial charge in [0, 0.05) is 56.6 Å². The highest BCUT2D eigenvalue weighted by Crippen LogP contribution is 2.28. The summed E-state index contributed by atoms with van der Waals surface area (Å²) >= 11 is 0. The van der Waals surface area contributed by atoms with E-state index >= 15 is 0 Å². The maximum Gasteiger partial charge on any atom is 0.409 e. The lowest BCUT2D eigenvalue weighted by Crippen LogP contribution is -2.56. The number of esters is 1. The van der Waals surface area contributed by atoms with Gasteiger partial charge in [0.25, 0.3) is 11.8 Å². The van der Waals surface area contributed by atoms with Gasteiger partial charge in [-0.25, -0.2) is 9.78 Å². The van der Waals surface area contributed by atoms with Gasteiger partial charge in [0.1, 0.15) is 23.5 Å². The summed E-state index contributed by atoms with van der Waals surface area (Å²) in [6.07, 6.45) is 3.35. The number of likely N-dealkylation sites (tertiary alicyclic amines) is 1. The molecule has 5 rings (SSSR count). The van der Waals surface area contributed by atoms with Crippen LogP contribution in [0.4, 0.5) is 4.79 Å². The Labute approximate surface area is 303 Å². The SMILES string of the molecule is CCOC(=O)N1CCN(C(=O)C(CCC(=O)OC(C)C)NC(=O)c2cc(OCC(=O)N3CCCC3C(=O)NC3CCC3)c3ccc(C)cc3n2)CC1. The van der Waals surface area contributed by atoms with Crippen LogP contribution in [0.15, 0.2) is 24.3 Å². The van der Waals surface area contributed by atoms with Gasteiger partial charge in [0.15, 0.2) is 6.61 Å². The lowest BCUT2D eigenvalue weighted by Gasteiger charge is -2.36. The summed E-state index contributed by atoms with van der Waals surface area (Å²) < 4.78 is 16.4. The lowest BCUT2D eigenvalue weighted by atomic mass is 9.93. The molecule has 0 bridgehead atoms. The van der Waals surface area contributed by atoms with Crippen LogP contribution in [0.1, 0.15) is 81.8 Å². The van der Waals surface area contributed by atoms with Crippen molar-refractivity contribution >= 4 is 46.6 Å². The van der Waals surface area contributed by atoms with Crippen LogP contribution >= 0.6 is 0 Å². The molecule has 1 saturated carbocycles. The van der Waals surface area contributed by atoms with Gasteiger partial charge >= 0.3 is 12.1 Å². The summed E-state index contributed by atoms with van der Waals surface area (Å²) in [6, 6.07) is 5.41. The zero-order valence-electron chi connectivity index (χ0n) is 30.5. The van der Waals surface area contributed by atoms with Crippen LogP contribution in [0.25, 0.3) is 10.9 Å². The van der Waals surface area contributed by atoms with Crippen molar-refractivity contribution in [3.8, 4) is 5.75 Å². The van der Waals surface area contributed by atoms with Crippen LogP contribution in [-0.4, -0.2) is 126 Å². The van der Waals surface area contributed by atoms with Gasteiger partial charge in [0.05, 0.1) is 18.2 Å². The Balaban J connectivity index is 1.31. The van der Waals surface area contributed by atoms with Crippen molar-refractivity contribution in [3.63, 3.8) is 0 Å². The van der Waals surface area contributed by atoms with E-state index in [-0.39, 0.29) is 87.6 Å². The Hall–Kier alpha value is -4.95. The normalized spacial score (nSPS) is 18.1. The maximum atomic E-state index is 13.8. The van der Waals surface area contributed by atoms with E-state index in [1.807, 2.05) is 13.0 Å². The molecule has 3 aliphatic rings. The first-order chi connectivity index (χ1) is 24.9. The van der Waals surface area contributed by atoms with Crippen molar-refractivity contribution in [2.75, 3.05) is 45.9 Å². The molecular formula is C37H50N6O9. The second-order valence-corrected chi connectivity index (χ2v) is 13.8. The number of rotatable bonds is 13. The first-order valence-electron chi connectivity index (χ1n) is 18.3. The van der Waals surface area contributed by atoms with E-state index in [0.717, 1.165) is 24.8 Å². The van der Waals surface area contributed by atoms with Crippen LogP contribution in [0.3, 0.4) is 0 Å². The average molecular weight is 723 g/mol. The zero-order valence-corrected chi connectivity index (χ0v) is 30.5. The second kappa shape index (κ2) is 17.5. The van der Waals surface area contributed by atoms with Gasteiger partial charge in [-0.3, -0.25) is 24.0 Å². The number of carbonyl (C=O) groups is 6. The van der Waals surface area contributed by atoms with E-state index in [4.69, 9.17) is 14.2 Å². The third-order valence-electron chi connectivity index (χ3n) is 9.56. The Bertz CT molecular complexity index is 1650. The predicted molar refractivity (Wildman–Crippen MR) is 189 cm³/mol. The number of hydrogen-bond acceptors (Lipinski definition) is 10. The van der Waals surface area contributed by atoms with Crippen LogP contribution < -0.4 is 15.4 Å². The van der Waals surface area contributed by atoms with Gasteiger partial charge in [0.2, 0.25) is 11.8 Å². The number of pyridine rings is 1. The Morgan fingerprint density at radius 3 is 2.35 bits per heavy atom. The fourth-order valence-electron chi connectivity index (χ4n) is 6.57. The minimum absolute atomic E-state index is 0.0237. The lowest BCUT2D eigenvalue weighted by molar-refractivity contribution is -0.147. The highest BCUT2D eigenvalue weighted by molar-refractivity contribution is 5.99. The number of nitrogens with one attached hydrogen (secondary N) is 2. The molecule has 1 aromatic carbocycles. The summed E-state index contributed by atoms with van der Waals surface area (Å²) in [5.74, 6) is -1.81. The van der Waals surface area contributed by atoms with Crippen LogP contribution in [0.2, 0.25) is 0 Å². The third-order valence-corrected chi connectivity index (χ3v) is 9.56. The molecule has 52 heavy (non-hydrogen) atoms. The number of nitrogens with zero attached hydrogens (tertiary/aromatic N) is 4. The zero-order chi connectivity index (χ0) is 37.4. The van der Waals surface area contributed by atoms with Crippen LogP contribution in [0, 0.1) is 6.92 Å². The number of carbonyl (C=O) groups excluding carboxylic acids is 6. The Morgan fingerprint density at radius 1 is 0.942 bits per heavy atom. The summed E-state index contributed by atoms with van der Waals surface area (Å²) in [7, 11) is 0. The Kier molecular flexibility index (Phi) is 12.9. The van der Waals surface area contributed by atoms with E-state index < -0.39 is 36.0 Å². The van der Waals surface area contributed by atoms with Gasteiger partial charge in [-0.2, -0.15) is 0 Å². The number of piperazine rings is 1. The average Bonchev–Trinajstić information content (AvgIpc) is 3.60. The van der Waals surface area contributed by atoms with Gasteiger partial charge in [-0.1, -0.05) is 6.07 Å². The number of amides is 5. The molecule has 0 radical (unpaired) electrons. The molecule has 2 aromatic rings. The number of aryl methyl sites for hydroxylation is 1. The summed E-state index contributed by atoms with van der Waals surface area (Å²) in [5.41, 5.74) is 1.29. The molecule has 282 valence electrons. The number of aromatic nitrogens is 1. The quantitative estimate of drug-likeness (QED) is 0.293. The third kappa shape index (κ3) is 9.68. The fraction of sp³-hybridized carbons (Fsp3) is 0.595. The number of ether oxygens (including phenoxy) is 3. The molecule has 2 aliphatic heterocycles. The molecule has 2 atom stereocenters. The van der Waals surface area contributed by atoms with Crippen molar-refractivity contribution in [3.05, 3.63) is 35.5 Å². The molecule has 5 amide bonds. The number of fused-ring (bicyclic) bond motifs is 1. The smallest absolute Gasteiger partial charge is 0.409 e. The highest BCUT2D eigenvalue weighted by atomic mass is 16.6. The molecule has 15 nitrogen and oxygen atoms in total. The molecule has 2 N–H and O–H groups in total. The van der Waals surface area contributed by atoms with Crippen LogP contribution in [-0.2, 0) is 28.7 Å². The van der Waals surface area contributed by atoms with Gasteiger partial charge < -0.3 is 39.5 Å². The number of benzene rings is 1. The number of hydrogen-bond donors (Lipinski definition) is 2. The molecule has 3 heterocycles. The molecule has 3 fully saturated rings. The fourth-order valence-corrected chi connectivity index (χ4v) is 6.57. The van der Waals surface area contributed by atoms with E-state index in [9.17, 15) is 28.8 Å². The first-order valence-corrected chi connectivity index (χ1v) is 18.3. The van der Waals surface area contributed by atoms with Crippen molar-refractivity contribution < 1.29 is 43.0 Å². The molecule has 1 aliphatic carbocycles. The monoisotopic (exact) mass is 722 g/mol. The summed E-state index contributed by atoms with van der Waals surface area (Å²) in [5, 5.41) is 6.40. The van der Waals surface area contributed by atoms with E-state index in [1.54, 1.807) is 42.7 Å². The maximum absolute atomic E-state index is 13.8. The molecule has 15 heteroatoms. The summed E-state index contributed by atoms with van der Waals surface area (Å²) in [4.78, 5) is 87.8. The molecular weight excluding hydrogens is 672 g/mol. The van der Waals surface area contributed by atoms with Gasteiger partial charge in [-0.05, 0) is 83.9 Å². The minimum Gasteiger partial charge on any atom is -0.483 e. The predicted octanol–water partition coefficient (Wildman–Crippen LogP) is 2.71. The standard InChI is InChI=1S/C37H50N6O9/c1-5-50-37(49)42-18-16-41(17-19-42)36(48)27(13-14-33(45)52-23(2)3)40-34(46)29-21-31(26-12-11-24(4)20-28(26)39-29)51-22-32(44)43-15-7-10-30(43)35(47)38-25-8-6-9-25/h11-12,20-21,23,25,27,30H,5-10,13-19,22H2,1-4H3,(H,38,47)(H,40,46). The molecule has 2 unspecified atom stereocenters. The molecule has 1 aromatic heterocycles. The highest BCUT2D eigenvalue weighted by Gasteiger charge is 2.36. The van der Waals surface area contributed by atoms with Gasteiger partial charge in [-0.15, -0.1) is 0 Å². The molecule has 0 spiro atoms. The minimum atomic E-state index is -1.10. The van der Waals surface area contributed by atoms with E-state index in [1.165, 1.54) is 11.0 Å². The van der Waals surface area contributed by atoms with Crippen molar-refractivity contribution in [1.82, 2.24) is 30.3 Å². The van der Waals surface area contributed by atoms with E-state index in [2.05, 4.69) is 15.6 Å². The van der Waals surface area contributed by atoms with Crippen molar-refractivity contribution in [2.24, 2.45) is 0 Å². The summed E-state index contributed by atoms with van der Waals surface area (Å²) in [6.45, 7) is 8.35. The van der Waals surface area contributed by atoms with Crippen molar-refractivity contribution in [2.45, 2.75) is 96.9 Å². The molecule has 2 saturated heterocycles. The second-order valence-electron chi connectivity index (χ2n) is 13.8.